The Kier molecular flexibility index (Phi) is 3.99. The normalized spacial score (nSPS) is 11.0. The van der Waals surface area contributed by atoms with Crippen LogP contribution in [-0.4, -0.2) is 25.4 Å². The molecule has 0 spiro atoms. The molecule has 0 atom stereocenters. The van der Waals surface area contributed by atoms with E-state index < -0.39 is 0 Å². The van der Waals surface area contributed by atoms with Gasteiger partial charge in [0.05, 0.1) is 16.7 Å². The molecule has 3 heterocycles. The van der Waals surface area contributed by atoms with Gasteiger partial charge in [0.2, 0.25) is 5.95 Å². The molecule has 0 aliphatic heterocycles. The lowest BCUT2D eigenvalue weighted by Crippen LogP contribution is -2.12. The summed E-state index contributed by atoms with van der Waals surface area (Å²) in [6, 6.07) is 21.2. The van der Waals surface area contributed by atoms with Crippen molar-refractivity contribution in [3.63, 3.8) is 0 Å². The Labute approximate surface area is 164 Å². The summed E-state index contributed by atoms with van der Waals surface area (Å²) in [6.45, 7) is 0. The number of anilines is 1. The second kappa shape index (κ2) is 6.79. The van der Waals surface area contributed by atoms with E-state index in [9.17, 15) is 4.79 Å². The van der Waals surface area contributed by atoms with Gasteiger partial charge in [-0.1, -0.05) is 53.8 Å². The molecule has 136 valence electrons. The lowest BCUT2D eigenvalue weighted by atomic mass is 10.1. The summed E-state index contributed by atoms with van der Waals surface area (Å²) in [5, 5.41) is 3.61. The molecule has 5 aromatic rings. The molecule has 0 aliphatic carbocycles. The number of imidazole rings is 1. The number of hydrogen-bond donors (Lipinski definition) is 2. The third-order valence-corrected chi connectivity index (χ3v) is 5.38. The maximum absolute atomic E-state index is 13.1. The van der Waals surface area contributed by atoms with Gasteiger partial charge in [0.15, 0.2) is 5.13 Å². The largest absolute Gasteiger partial charge is 0.324 e. The van der Waals surface area contributed by atoms with Crippen molar-refractivity contribution in [3.05, 3.63) is 84.0 Å². The molecule has 5 rings (SSSR count). The van der Waals surface area contributed by atoms with Gasteiger partial charge in [0, 0.05) is 18.0 Å². The predicted molar refractivity (Wildman–Crippen MR) is 111 cm³/mol. The van der Waals surface area contributed by atoms with Crippen molar-refractivity contribution in [1.82, 2.24) is 19.5 Å². The van der Waals surface area contributed by atoms with Gasteiger partial charge in [-0.2, -0.15) is 0 Å². The van der Waals surface area contributed by atoms with Crippen molar-refractivity contribution >= 4 is 34.2 Å². The molecule has 7 heteroatoms. The van der Waals surface area contributed by atoms with Gasteiger partial charge < -0.3 is 9.55 Å². The third-order valence-electron chi connectivity index (χ3n) is 4.32. The Bertz CT molecular complexity index is 1220. The first-order chi connectivity index (χ1) is 13.8. The van der Waals surface area contributed by atoms with Gasteiger partial charge in [-0.05, 0) is 24.3 Å². The number of H-pyrrole nitrogens is 1. The molecule has 2 aromatic carbocycles. The Morgan fingerprint density at radius 2 is 1.68 bits per heavy atom. The number of rotatable bonds is 4. The van der Waals surface area contributed by atoms with Crippen molar-refractivity contribution in [3.8, 4) is 16.4 Å². The zero-order valence-electron chi connectivity index (χ0n) is 14.7. The van der Waals surface area contributed by atoms with Crippen LogP contribution < -0.4 is 5.32 Å². The summed E-state index contributed by atoms with van der Waals surface area (Å²) in [6.07, 6.45) is 3.82. The zero-order chi connectivity index (χ0) is 18.9. The van der Waals surface area contributed by atoms with Crippen LogP contribution in [0.4, 0.5) is 5.95 Å². The quantitative estimate of drug-likeness (QED) is 0.470. The Morgan fingerprint density at radius 3 is 2.46 bits per heavy atom. The number of carbonyl (C=O) groups excluding carboxylic acids is 1. The van der Waals surface area contributed by atoms with Crippen LogP contribution in [0.5, 0.6) is 0 Å². The summed E-state index contributed by atoms with van der Waals surface area (Å²) >= 11 is 1.34. The van der Waals surface area contributed by atoms with E-state index in [4.69, 9.17) is 4.98 Å². The number of benzene rings is 2. The van der Waals surface area contributed by atoms with E-state index in [1.165, 1.54) is 11.3 Å². The highest BCUT2D eigenvalue weighted by atomic mass is 32.1. The number of nitrogens with zero attached hydrogens (tertiary/aromatic N) is 3. The number of thiazole rings is 1. The molecule has 28 heavy (non-hydrogen) atoms. The summed E-state index contributed by atoms with van der Waals surface area (Å²) < 4.78 is 1.90. The number of aromatic nitrogens is 4. The average molecular weight is 385 g/mol. The van der Waals surface area contributed by atoms with E-state index in [0.717, 1.165) is 21.7 Å². The Hall–Kier alpha value is -3.71. The van der Waals surface area contributed by atoms with E-state index in [0.29, 0.717) is 16.5 Å². The Morgan fingerprint density at radius 1 is 0.929 bits per heavy atom. The molecule has 0 fully saturated rings. The van der Waals surface area contributed by atoms with Crippen molar-refractivity contribution < 1.29 is 4.79 Å². The van der Waals surface area contributed by atoms with Gasteiger partial charge in [-0.3, -0.25) is 10.1 Å². The molecule has 0 unspecified atom stereocenters. The highest BCUT2D eigenvalue weighted by Crippen LogP contribution is 2.31. The molecule has 6 nitrogen and oxygen atoms in total. The van der Waals surface area contributed by atoms with E-state index in [1.807, 2.05) is 83.7 Å². The maximum atomic E-state index is 13.1. The summed E-state index contributed by atoms with van der Waals surface area (Å²) in [4.78, 5) is 25.9. The van der Waals surface area contributed by atoms with E-state index in [-0.39, 0.29) is 5.91 Å². The fourth-order valence-electron chi connectivity index (χ4n) is 3.00. The van der Waals surface area contributed by atoms with Crippen LogP contribution in [0.1, 0.15) is 9.67 Å². The highest BCUT2D eigenvalue weighted by molar-refractivity contribution is 7.16. The molecule has 2 N–H and O–H groups in total. The van der Waals surface area contributed by atoms with Crippen LogP contribution in [0.2, 0.25) is 0 Å². The van der Waals surface area contributed by atoms with E-state index >= 15 is 0 Å². The minimum atomic E-state index is -0.242. The molecule has 0 saturated heterocycles. The fraction of sp³-hybridized carbons (Fsp3) is 0. The first-order valence-electron chi connectivity index (χ1n) is 8.73. The van der Waals surface area contributed by atoms with E-state index in [1.54, 1.807) is 0 Å². The van der Waals surface area contributed by atoms with Gasteiger partial charge in [-0.25, -0.2) is 9.97 Å². The number of hydrogen-bond acceptors (Lipinski definition) is 4. The molecular weight excluding hydrogens is 370 g/mol. The van der Waals surface area contributed by atoms with Gasteiger partial charge in [-0.15, -0.1) is 0 Å². The number of fused-ring (bicyclic) bond motifs is 1. The molecule has 0 aliphatic rings. The number of amides is 1. The topological polar surface area (TPSA) is 75.6 Å². The van der Waals surface area contributed by atoms with Crippen LogP contribution in [0, 0.1) is 0 Å². The number of aromatic amines is 1. The summed E-state index contributed by atoms with van der Waals surface area (Å²) in [5.74, 6) is 0.176. The SMILES string of the molecule is O=C(Nc1nc2ccccc2[nH]1)c1sc(-n2cccc2)nc1-c1ccccc1. The number of nitrogens with one attached hydrogen (secondary N) is 2. The van der Waals surface area contributed by atoms with Gasteiger partial charge in [0.25, 0.3) is 5.91 Å². The molecule has 0 saturated carbocycles. The Balaban J connectivity index is 1.54. The van der Waals surface area contributed by atoms with Crippen molar-refractivity contribution in [2.24, 2.45) is 0 Å². The van der Waals surface area contributed by atoms with Gasteiger partial charge >= 0.3 is 0 Å². The lowest BCUT2D eigenvalue weighted by Gasteiger charge is -2.02. The minimum absolute atomic E-state index is 0.242. The molecular formula is C21H15N5OS. The van der Waals surface area contributed by atoms with Crippen LogP contribution in [0.25, 0.3) is 27.4 Å². The standard InChI is InChI=1S/C21H15N5OS/c27-19(25-20-22-15-10-4-5-11-16(15)23-20)18-17(14-8-2-1-3-9-14)24-21(28-18)26-12-6-7-13-26/h1-13H,(H2,22,23,25,27). The van der Waals surface area contributed by atoms with E-state index in [2.05, 4.69) is 15.3 Å². The average Bonchev–Trinajstić information content (AvgIpc) is 3.46. The number of carbonyl (C=O) groups is 1. The first-order valence-corrected chi connectivity index (χ1v) is 9.55. The smallest absolute Gasteiger partial charge is 0.270 e. The molecule has 1 amide bonds. The van der Waals surface area contributed by atoms with Gasteiger partial charge in [0.1, 0.15) is 4.88 Å². The molecule has 3 aromatic heterocycles. The van der Waals surface area contributed by atoms with Crippen LogP contribution >= 0.6 is 11.3 Å². The maximum Gasteiger partial charge on any atom is 0.270 e. The lowest BCUT2D eigenvalue weighted by molar-refractivity contribution is 0.103. The fourth-order valence-corrected chi connectivity index (χ4v) is 3.95. The molecule has 0 radical (unpaired) electrons. The second-order valence-electron chi connectivity index (χ2n) is 6.19. The predicted octanol–water partition coefficient (Wildman–Crippen LogP) is 4.73. The van der Waals surface area contributed by atoms with Crippen LogP contribution in [0.15, 0.2) is 79.1 Å². The summed E-state index contributed by atoms with van der Waals surface area (Å²) in [5.41, 5.74) is 3.23. The van der Waals surface area contributed by atoms with Crippen molar-refractivity contribution in [1.29, 1.82) is 0 Å². The van der Waals surface area contributed by atoms with Crippen LogP contribution in [-0.2, 0) is 0 Å². The monoisotopic (exact) mass is 385 g/mol. The summed E-state index contributed by atoms with van der Waals surface area (Å²) in [7, 11) is 0. The minimum Gasteiger partial charge on any atom is -0.324 e. The first kappa shape index (κ1) is 16.5. The zero-order valence-corrected chi connectivity index (χ0v) is 15.5. The highest BCUT2D eigenvalue weighted by Gasteiger charge is 2.21. The van der Waals surface area contributed by atoms with Crippen LogP contribution in [0.3, 0.4) is 0 Å². The van der Waals surface area contributed by atoms with Crippen molar-refractivity contribution in [2.75, 3.05) is 5.32 Å². The second-order valence-corrected chi connectivity index (χ2v) is 7.16. The molecule has 0 bridgehead atoms. The number of para-hydroxylation sites is 2. The van der Waals surface area contributed by atoms with Crippen molar-refractivity contribution in [2.45, 2.75) is 0 Å². The third kappa shape index (κ3) is 2.97.